The molecule has 1 aromatic heterocycles. The first kappa shape index (κ1) is 15.9. The van der Waals surface area contributed by atoms with Crippen LogP contribution in [0.5, 0.6) is 0 Å². The third-order valence-corrected chi connectivity index (χ3v) is 3.46. The standard InChI is InChI=1S/C14H21N3O.ClH/c1-2-17(11-12-5-8-15-9-6-12)14(18)13-4-3-7-16-10-13;/h5-6,8-9,13,16H,2-4,7,10-11H2,1H3;1H/t13-;/m1./s1. The van der Waals surface area contributed by atoms with Crippen LogP contribution in [0.4, 0.5) is 0 Å². The van der Waals surface area contributed by atoms with Gasteiger partial charge in [0.15, 0.2) is 0 Å². The topological polar surface area (TPSA) is 45.2 Å². The van der Waals surface area contributed by atoms with Gasteiger partial charge in [-0.15, -0.1) is 12.4 Å². The average molecular weight is 284 g/mol. The molecule has 106 valence electrons. The summed E-state index contributed by atoms with van der Waals surface area (Å²) in [6, 6.07) is 3.93. The van der Waals surface area contributed by atoms with Crippen molar-refractivity contribution >= 4 is 18.3 Å². The molecule has 0 unspecified atom stereocenters. The molecule has 2 heterocycles. The van der Waals surface area contributed by atoms with Gasteiger partial charge in [0.25, 0.3) is 0 Å². The number of aromatic nitrogens is 1. The summed E-state index contributed by atoms with van der Waals surface area (Å²) in [6.07, 6.45) is 5.66. The molecule has 19 heavy (non-hydrogen) atoms. The molecule has 0 bridgehead atoms. The highest BCUT2D eigenvalue weighted by atomic mass is 35.5. The molecule has 0 aromatic carbocycles. The van der Waals surface area contributed by atoms with Crippen LogP contribution in [-0.4, -0.2) is 35.4 Å². The molecule has 1 amide bonds. The second-order valence-electron chi connectivity index (χ2n) is 4.75. The predicted molar refractivity (Wildman–Crippen MR) is 78.2 cm³/mol. The SMILES string of the molecule is CCN(Cc1ccncc1)C(=O)[C@@H]1CCCNC1.Cl. The highest BCUT2D eigenvalue weighted by Gasteiger charge is 2.24. The molecule has 4 nitrogen and oxygen atoms in total. The Labute approximate surface area is 121 Å². The fraction of sp³-hybridized carbons (Fsp3) is 0.571. The van der Waals surface area contributed by atoms with Crippen molar-refractivity contribution < 1.29 is 4.79 Å². The number of halogens is 1. The largest absolute Gasteiger partial charge is 0.338 e. The molecule has 1 aliphatic rings. The molecule has 1 N–H and O–H groups in total. The summed E-state index contributed by atoms with van der Waals surface area (Å²) in [4.78, 5) is 18.3. The molecule has 1 saturated heterocycles. The van der Waals surface area contributed by atoms with Crippen molar-refractivity contribution in [3.63, 3.8) is 0 Å². The monoisotopic (exact) mass is 283 g/mol. The van der Waals surface area contributed by atoms with Gasteiger partial charge >= 0.3 is 0 Å². The minimum absolute atomic E-state index is 0. The smallest absolute Gasteiger partial charge is 0.227 e. The van der Waals surface area contributed by atoms with E-state index in [0.29, 0.717) is 6.54 Å². The quantitative estimate of drug-likeness (QED) is 0.917. The first-order chi connectivity index (χ1) is 8.81. The molecule has 1 aliphatic heterocycles. The lowest BCUT2D eigenvalue weighted by Crippen LogP contribution is -2.42. The van der Waals surface area contributed by atoms with E-state index in [0.717, 1.165) is 38.0 Å². The van der Waals surface area contributed by atoms with Gasteiger partial charge in [0.05, 0.1) is 5.92 Å². The highest BCUT2D eigenvalue weighted by molar-refractivity contribution is 5.85. The van der Waals surface area contributed by atoms with E-state index >= 15 is 0 Å². The summed E-state index contributed by atoms with van der Waals surface area (Å²) in [5.41, 5.74) is 1.14. The zero-order valence-corrected chi connectivity index (χ0v) is 12.2. The Hall–Kier alpha value is -1.13. The van der Waals surface area contributed by atoms with Gasteiger partial charge in [-0.3, -0.25) is 9.78 Å². The van der Waals surface area contributed by atoms with Crippen molar-refractivity contribution in [2.75, 3.05) is 19.6 Å². The Morgan fingerprint density at radius 1 is 1.47 bits per heavy atom. The fourth-order valence-electron chi connectivity index (χ4n) is 2.37. The molecule has 0 saturated carbocycles. The van der Waals surface area contributed by atoms with E-state index in [1.54, 1.807) is 12.4 Å². The summed E-state index contributed by atoms with van der Waals surface area (Å²) in [6.45, 7) is 5.35. The van der Waals surface area contributed by atoms with Crippen LogP contribution in [0.3, 0.4) is 0 Å². The van der Waals surface area contributed by atoms with E-state index in [4.69, 9.17) is 0 Å². The van der Waals surface area contributed by atoms with Crippen LogP contribution in [0.2, 0.25) is 0 Å². The van der Waals surface area contributed by atoms with E-state index < -0.39 is 0 Å². The van der Waals surface area contributed by atoms with Gasteiger partial charge in [0.1, 0.15) is 0 Å². The lowest BCUT2D eigenvalue weighted by atomic mass is 9.98. The number of nitrogens with zero attached hydrogens (tertiary/aromatic N) is 2. The van der Waals surface area contributed by atoms with Crippen molar-refractivity contribution in [3.05, 3.63) is 30.1 Å². The molecule has 0 radical (unpaired) electrons. The summed E-state index contributed by atoms with van der Waals surface area (Å²) in [7, 11) is 0. The van der Waals surface area contributed by atoms with Gasteiger partial charge in [0, 0.05) is 32.0 Å². The second-order valence-corrected chi connectivity index (χ2v) is 4.75. The number of carbonyl (C=O) groups is 1. The number of amides is 1. The van der Waals surface area contributed by atoms with Gasteiger partial charge in [-0.1, -0.05) is 0 Å². The predicted octanol–water partition coefficient (Wildman–Crippen LogP) is 1.85. The van der Waals surface area contributed by atoms with E-state index in [9.17, 15) is 4.79 Å². The maximum absolute atomic E-state index is 12.4. The molecule has 0 spiro atoms. The first-order valence-electron chi connectivity index (χ1n) is 6.69. The van der Waals surface area contributed by atoms with Gasteiger partial charge in [0.2, 0.25) is 5.91 Å². The lowest BCUT2D eigenvalue weighted by molar-refractivity contribution is -0.136. The zero-order valence-electron chi connectivity index (χ0n) is 11.3. The third kappa shape index (κ3) is 4.48. The van der Waals surface area contributed by atoms with Gasteiger partial charge in [-0.05, 0) is 44.0 Å². The van der Waals surface area contributed by atoms with Crippen LogP contribution in [0.1, 0.15) is 25.3 Å². The van der Waals surface area contributed by atoms with E-state index in [2.05, 4.69) is 10.3 Å². The van der Waals surface area contributed by atoms with Crippen LogP contribution in [0.25, 0.3) is 0 Å². The Morgan fingerprint density at radius 3 is 2.79 bits per heavy atom. The molecule has 1 aromatic rings. The number of rotatable bonds is 4. The molecule has 1 atom stereocenters. The van der Waals surface area contributed by atoms with E-state index in [1.165, 1.54) is 0 Å². The highest BCUT2D eigenvalue weighted by Crippen LogP contribution is 2.15. The Balaban J connectivity index is 0.00000180. The summed E-state index contributed by atoms with van der Waals surface area (Å²) >= 11 is 0. The maximum Gasteiger partial charge on any atom is 0.227 e. The van der Waals surface area contributed by atoms with Crippen LogP contribution < -0.4 is 5.32 Å². The summed E-state index contributed by atoms with van der Waals surface area (Å²) in [5.74, 6) is 0.432. The van der Waals surface area contributed by atoms with Crippen LogP contribution in [-0.2, 0) is 11.3 Å². The van der Waals surface area contributed by atoms with Crippen molar-refractivity contribution in [1.29, 1.82) is 0 Å². The first-order valence-corrected chi connectivity index (χ1v) is 6.69. The maximum atomic E-state index is 12.4. The Kier molecular flexibility index (Phi) is 6.81. The Morgan fingerprint density at radius 2 is 2.21 bits per heavy atom. The molecular weight excluding hydrogens is 262 g/mol. The number of nitrogens with one attached hydrogen (secondary N) is 1. The van der Waals surface area contributed by atoms with Crippen LogP contribution in [0, 0.1) is 5.92 Å². The lowest BCUT2D eigenvalue weighted by Gasteiger charge is -2.29. The van der Waals surface area contributed by atoms with Crippen molar-refractivity contribution in [1.82, 2.24) is 15.2 Å². The van der Waals surface area contributed by atoms with Gasteiger partial charge in [-0.25, -0.2) is 0 Å². The minimum atomic E-state index is 0. The third-order valence-electron chi connectivity index (χ3n) is 3.46. The normalized spacial score (nSPS) is 18.5. The fourth-order valence-corrected chi connectivity index (χ4v) is 2.37. The molecule has 5 heteroatoms. The van der Waals surface area contributed by atoms with Crippen LogP contribution >= 0.6 is 12.4 Å². The van der Waals surface area contributed by atoms with Gasteiger partial charge < -0.3 is 10.2 Å². The zero-order chi connectivity index (χ0) is 12.8. The van der Waals surface area contributed by atoms with Crippen LogP contribution in [0.15, 0.2) is 24.5 Å². The number of piperidine rings is 1. The van der Waals surface area contributed by atoms with Crippen molar-refractivity contribution in [3.8, 4) is 0 Å². The number of carbonyl (C=O) groups excluding carboxylic acids is 1. The molecule has 0 aliphatic carbocycles. The van der Waals surface area contributed by atoms with Gasteiger partial charge in [-0.2, -0.15) is 0 Å². The average Bonchev–Trinajstić information content (AvgIpc) is 2.46. The molecule has 2 rings (SSSR count). The molecule has 1 fully saturated rings. The minimum Gasteiger partial charge on any atom is -0.338 e. The van der Waals surface area contributed by atoms with E-state index in [-0.39, 0.29) is 24.2 Å². The summed E-state index contributed by atoms with van der Waals surface area (Å²) < 4.78 is 0. The Bertz CT molecular complexity index is 380. The number of pyridine rings is 1. The number of hydrogen-bond acceptors (Lipinski definition) is 3. The van der Waals surface area contributed by atoms with Crippen molar-refractivity contribution in [2.45, 2.75) is 26.3 Å². The van der Waals surface area contributed by atoms with E-state index in [1.807, 2.05) is 24.0 Å². The number of hydrogen-bond donors (Lipinski definition) is 1. The second kappa shape index (κ2) is 8.12. The summed E-state index contributed by atoms with van der Waals surface area (Å²) in [5, 5.41) is 3.30. The molecular formula is C14H22ClN3O. The van der Waals surface area contributed by atoms with Crippen molar-refractivity contribution in [2.24, 2.45) is 5.92 Å².